The molecule has 10 heteroatoms. The molecular formula is C19H16Cl2N4O4. The number of halogens is 2. The Morgan fingerprint density at radius 2 is 2.00 bits per heavy atom. The minimum absolute atomic E-state index is 0.0167. The van der Waals surface area contributed by atoms with Crippen LogP contribution in [0.4, 0.5) is 11.4 Å². The number of H-pyrrole nitrogens is 1. The van der Waals surface area contributed by atoms with Gasteiger partial charge in [-0.05, 0) is 30.3 Å². The average molecular weight is 435 g/mol. The van der Waals surface area contributed by atoms with Crippen molar-refractivity contribution in [2.45, 2.75) is 12.5 Å². The van der Waals surface area contributed by atoms with E-state index in [-0.39, 0.29) is 28.9 Å². The van der Waals surface area contributed by atoms with Crippen molar-refractivity contribution in [3.63, 3.8) is 0 Å². The summed E-state index contributed by atoms with van der Waals surface area (Å²) in [4.78, 5) is 39.8. The molecule has 1 aliphatic rings. The van der Waals surface area contributed by atoms with Gasteiger partial charge in [-0.25, -0.2) is 0 Å². The number of nitrogens with one attached hydrogen (secondary N) is 3. The van der Waals surface area contributed by atoms with Crippen LogP contribution in [0.25, 0.3) is 11.0 Å². The Morgan fingerprint density at radius 3 is 2.69 bits per heavy atom. The van der Waals surface area contributed by atoms with Crippen molar-refractivity contribution in [3.8, 4) is 5.75 Å². The number of hydrogen-bond acceptors (Lipinski definition) is 5. The maximum atomic E-state index is 12.6. The lowest BCUT2D eigenvalue weighted by molar-refractivity contribution is -0.116. The molecule has 4 rings (SSSR count). The summed E-state index contributed by atoms with van der Waals surface area (Å²) >= 11 is 12.4. The number of benzene rings is 2. The van der Waals surface area contributed by atoms with Gasteiger partial charge in [-0.1, -0.05) is 23.2 Å². The zero-order valence-electron chi connectivity index (χ0n) is 15.2. The van der Waals surface area contributed by atoms with Crippen molar-refractivity contribution in [2.24, 2.45) is 0 Å². The number of anilines is 2. The molecule has 1 aliphatic heterocycles. The van der Waals surface area contributed by atoms with Crippen molar-refractivity contribution >= 4 is 51.5 Å². The normalized spacial score (nSPS) is 15.1. The summed E-state index contributed by atoms with van der Waals surface area (Å²) in [7, 11) is 1.56. The first kappa shape index (κ1) is 19.4. The first-order valence-electron chi connectivity index (χ1n) is 8.73. The van der Waals surface area contributed by atoms with Crippen LogP contribution in [0.5, 0.6) is 5.75 Å². The predicted molar refractivity (Wildman–Crippen MR) is 113 cm³/mol. The van der Waals surface area contributed by atoms with Crippen molar-refractivity contribution in [2.75, 3.05) is 24.3 Å². The second-order valence-corrected chi connectivity index (χ2v) is 7.37. The van der Waals surface area contributed by atoms with Crippen LogP contribution >= 0.6 is 23.2 Å². The molecule has 1 unspecified atom stereocenters. The van der Waals surface area contributed by atoms with Crippen LogP contribution in [0, 0.1) is 0 Å². The molecule has 0 aliphatic carbocycles. The highest BCUT2D eigenvalue weighted by molar-refractivity contribution is 6.45. The number of methoxy groups -OCH3 is 1. The lowest BCUT2D eigenvalue weighted by Gasteiger charge is -2.29. The van der Waals surface area contributed by atoms with E-state index in [0.29, 0.717) is 28.2 Å². The molecule has 0 bridgehead atoms. The van der Waals surface area contributed by atoms with Gasteiger partial charge >= 0.3 is 11.1 Å². The van der Waals surface area contributed by atoms with Gasteiger partial charge in [0.2, 0.25) is 5.91 Å². The third-order valence-electron chi connectivity index (χ3n) is 4.77. The van der Waals surface area contributed by atoms with Crippen LogP contribution in [0.1, 0.15) is 12.5 Å². The minimum atomic E-state index is -0.788. The highest BCUT2D eigenvalue weighted by atomic mass is 35.5. The van der Waals surface area contributed by atoms with E-state index in [4.69, 9.17) is 27.9 Å². The molecule has 0 saturated carbocycles. The summed E-state index contributed by atoms with van der Waals surface area (Å²) in [5, 5.41) is 6.40. The third-order valence-corrected chi connectivity index (χ3v) is 5.56. The quantitative estimate of drug-likeness (QED) is 0.547. The summed E-state index contributed by atoms with van der Waals surface area (Å²) in [6, 6.07) is 7.79. The second kappa shape index (κ2) is 7.46. The Hall–Kier alpha value is -2.97. The lowest BCUT2D eigenvalue weighted by Crippen LogP contribution is -2.43. The van der Waals surface area contributed by atoms with Crippen molar-refractivity contribution in [1.82, 2.24) is 9.55 Å². The standard InChI is InChI=1S/C19H16Cl2N4O4/c1-29-11-4-2-9(3-5-11)23-14(26)6-10-8-22-16-15(21)12(20)7-13-17(16)25(10)19(28)18(27)24-13/h2-5,7,10,22H,6,8H2,1H3,(H,23,26)(H,24,27). The molecule has 0 saturated heterocycles. The molecule has 150 valence electrons. The Labute approximate surface area is 174 Å². The highest BCUT2D eigenvalue weighted by Gasteiger charge is 2.28. The van der Waals surface area contributed by atoms with Crippen molar-refractivity contribution in [1.29, 1.82) is 0 Å². The van der Waals surface area contributed by atoms with Crippen molar-refractivity contribution in [3.05, 3.63) is 61.1 Å². The Balaban J connectivity index is 1.69. The molecule has 29 heavy (non-hydrogen) atoms. The SMILES string of the molecule is COc1ccc(NC(=O)CC2CNc3c(Cl)c(Cl)cc4[nH]c(=O)c(=O)n2c34)cc1. The number of hydrogen-bond donors (Lipinski definition) is 3. The van der Waals surface area contributed by atoms with Crippen LogP contribution in [0.3, 0.4) is 0 Å². The minimum Gasteiger partial charge on any atom is -0.497 e. The third kappa shape index (κ3) is 3.45. The van der Waals surface area contributed by atoms with Crippen LogP contribution < -0.4 is 26.5 Å². The number of nitrogens with zero attached hydrogens (tertiary/aromatic N) is 1. The summed E-state index contributed by atoms with van der Waals surface area (Å²) in [6.45, 7) is 0.238. The fraction of sp³-hybridized carbons (Fsp3) is 0.211. The number of aromatic nitrogens is 2. The van der Waals surface area contributed by atoms with E-state index in [1.165, 1.54) is 10.6 Å². The zero-order chi connectivity index (χ0) is 20.7. The van der Waals surface area contributed by atoms with Gasteiger partial charge in [-0.2, -0.15) is 0 Å². The molecule has 3 aromatic rings. The van der Waals surface area contributed by atoms with Gasteiger partial charge in [0, 0.05) is 18.7 Å². The Kier molecular flexibility index (Phi) is 4.97. The fourth-order valence-electron chi connectivity index (χ4n) is 3.43. The van der Waals surface area contributed by atoms with E-state index in [9.17, 15) is 14.4 Å². The largest absolute Gasteiger partial charge is 0.497 e. The topological polar surface area (TPSA) is 105 Å². The lowest BCUT2D eigenvalue weighted by atomic mass is 10.1. The van der Waals surface area contributed by atoms with Gasteiger partial charge < -0.3 is 20.4 Å². The number of rotatable bonds is 4. The number of amides is 1. The van der Waals surface area contributed by atoms with E-state index in [0.717, 1.165) is 0 Å². The van der Waals surface area contributed by atoms with Gasteiger partial charge in [0.1, 0.15) is 5.75 Å². The maximum absolute atomic E-state index is 12.6. The first-order valence-corrected chi connectivity index (χ1v) is 9.49. The van der Waals surface area contributed by atoms with Gasteiger partial charge in [0.25, 0.3) is 0 Å². The monoisotopic (exact) mass is 434 g/mol. The number of ether oxygens (including phenoxy) is 1. The first-order chi connectivity index (χ1) is 13.9. The number of carbonyl (C=O) groups is 1. The van der Waals surface area contributed by atoms with Crippen molar-refractivity contribution < 1.29 is 9.53 Å². The summed E-state index contributed by atoms with van der Waals surface area (Å²) in [6.07, 6.45) is -0.0167. The Morgan fingerprint density at radius 1 is 1.28 bits per heavy atom. The van der Waals surface area contributed by atoms with Gasteiger partial charge in [0.15, 0.2) is 0 Å². The fourth-order valence-corrected chi connectivity index (χ4v) is 3.85. The average Bonchev–Trinajstić information content (AvgIpc) is 2.70. The number of carbonyl (C=O) groups excluding carboxylic acids is 1. The maximum Gasteiger partial charge on any atom is 0.317 e. The summed E-state index contributed by atoms with van der Waals surface area (Å²) in [5.74, 6) is 0.370. The smallest absolute Gasteiger partial charge is 0.317 e. The summed E-state index contributed by atoms with van der Waals surface area (Å²) < 4.78 is 6.41. The molecule has 3 N–H and O–H groups in total. The molecule has 2 aromatic carbocycles. The molecule has 1 atom stereocenters. The van der Waals surface area contributed by atoms with E-state index < -0.39 is 17.2 Å². The second-order valence-electron chi connectivity index (χ2n) is 6.59. The van der Waals surface area contributed by atoms with Crippen LogP contribution in [-0.2, 0) is 4.79 Å². The Bertz CT molecular complexity index is 1230. The molecule has 8 nitrogen and oxygen atoms in total. The van der Waals surface area contributed by atoms with E-state index in [1.54, 1.807) is 31.4 Å². The van der Waals surface area contributed by atoms with Crippen LogP contribution in [0.2, 0.25) is 10.0 Å². The molecule has 0 radical (unpaired) electrons. The molecule has 1 aromatic heterocycles. The molecule has 2 heterocycles. The highest BCUT2D eigenvalue weighted by Crippen LogP contribution is 2.39. The number of aromatic amines is 1. The molecule has 0 fully saturated rings. The van der Waals surface area contributed by atoms with Gasteiger partial charge in [-0.15, -0.1) is 0 Å². The molecular weight excluding hydrogens is 419 g/mol. The molecule has 0 spiro atoms. The van der Waals surface area contributed by atoms with Gasteiger partial charge in [0.05, 0.1) is 39.9 Å². The zero-order valence-corrected chi connectivity index (χ0v) is 16.7. The van der Waals surface area contributed by atoms with Crippen LogP contribution in [-0.4, -0.2) is 29.1 Å². The summed E-state index contributed by atoms with van der Waals surface area (Å²) in [5.41, 5.74) is 0.293. The van der Waals surface area contributed by atoms with Gasteiger partial charge in [-0.3, -0.25) is 19.0 Å². The predicted octanol–water partition coefficient (Wildman–Crippen LogP) is 3.00. The van der Waals surface area contributed by atoms with E-state index in [1.807, 2.05) is 0 Å². The van der Waals surface area contributed by atoms with E-state index in [2.05, 4.69) is 15.6 Å². The van der Waals surface area contributed by atoms with E-state index >= 15 is 0 Å². The van der Waals surface area contributed by atoms with Crippen LogP contribution in [0.15, 0.2) is 39.9 Å². The molecule has 1 amide bonds.